The molecule has 5 rings (SSSR count). The zero-order valence-corrected chi connectivity index (χ0v) is 20.7. The van der Waals surface area contributed by atoms with Gasteiger partial charge in [-0.1, -0.05) is 6.92 Å². The maximum Gasteiger partial charge on any atom is 0.337 e. The van der Waals surface area contributed by atoms with E-state index >= 15 is 0 Å². The van der Waals surface area contributed by atoms with Crippen LogP contribution in [0.1, 0.15) is 46.2 Å². The Hall–Kier alpha value is -4.21. The van der Waals surface area contributed by atoms with Gasteiger partial charge in [-0.05, 0) is 56.0 Å². The van der Waals surface area contributed by atoms with Gasteiger partial charge in [0, 0.05) is 24.8 Å². The topological polar surface area (TPSA) is 113 Å². The molecular weight excluding hydrogens is 460 g/mol. The molecule has 0 saturated carbocycles. The van der Waals surface area contributed by atoms with Crippen LogP contribution in [0, 0.1) is 12.8 Å². The summed E-state index contributed by atoms with van der Waals surface area (Å²) in [5, 5.41) is 7.33. The van der Waals surface area contributed by atoms with Crippen molar-refractivity contribution in [1.82, 2.24) is 24.3 Å². The number of hydrogen-bond donors (Lipinski definition) is 1. The minimum atomic E-state index is -0.423. The smallest absolute Gasteiger partial charge is 0.337 e. The van der Waals surface area contributed by atoms with Crippen LogP contribution < -0.4 is 10.1 Å². The number of fused-ring (bicyclic) bond motifs is 7. The molecule has 1 atom stereocenters. The Kier molecular flexibility index (Phi) is 6.17. The Bertz CT molecular complexity index is 1470. The van der Waals surface area contributed by atoms with Gasteiger partial charge in [0.05, 0.1) is 47.8 Å². The summed E-state index contributed by atoms with van der Waals surface area (Å²) >= 11 is 0. The highest BCUT2D eigenvalue weighted by Gasteiger charge is 2.21. The van der Waals surface area contributed by atoms with Gasteiger partial charge >= 0.3 is 5.97 Å². The molecular formula is C26H28N6O4. The Morgan fingerprint density at radius 2 is 2.06 bits per heavy atom. The molecule has 0 unspecified atom stereocenters. The van der Waals surface area contributed by atoms with Crippen LogP contribution in [-0.2, 0) is 18.3 Å². The zero-order valence-electron chi connectivity index (χ0n) is 20.7. The predicted molar refractivity (Wildman–Crippen MR) is 134 cm³/mol. The lowest BCUT2D eigenvalue weighted by Gasteiger charge is -2.16. The van der Waals surface area contributed by atoms with Crippen molar-refractivity contribution in [2.45, 2.75) is 33.2 Å². The molecule has 0 fully saturated rings. The number of ether oxygens (including phenoxy) is 2. The molecule has 4 heterocycles. The number of esters is 1. The number of aryl methyl sites for hydroxylation is 2. The summed E-state index contributed by atoms with van der Waals surface area (Å²) in [5.41, 5.74) is 4.36. The van der Waals surface area contributed by atoms with Crippen LogP contribution in [-0.4, -0.2) is 49.9 Å². The lowest BCUT2D eigenvalue weighted by molar-refractivity contribution is 0.0600. The van der Waals surface area contributed by atoms with E-state index in [0.29, 0.717) is 53.0 Å². The van der Waals surface area contributed by atoms with Crippen LogP contribution in [0.5, 0.6) is 5.88 Å². The number of aromatic nitrogens is 5. The predicted octanol–water partition coefficient (Wildman–Crippen LogP) is 3.99. The first-order chi connectivity index (χ1) is 17.3. The van der Waals surface area contributed by atoms with Crippen LogP contribution in [0.4, 0.5) is 5.95 Å². The number of benzene rings is 1. The molecule has 1 amide bonds. The van der Waals surface area contributed by atoms with Crippen molar-refractivity contribution in [2.24, 2.45) is 13.0 Å². The van der Waals surface area contributed by atoms with E-state index < -0.39 is 5.97 Å². The normalized spacial score (nSPS) is 16.2. The number of hydrogen-bond acceptors (Lipinski definition) is 7. The molecule has 10 nitrogen and oxygen atoms in total. The van der Waals surface area contributed by atoms with E-state index in [0.717, 1.165) is 23.9 Å². The maximum atomic E-state index is 13.4. The highest BCUT2D eigenvalue weighted by Crippen LogP contribution is 2.30. The summed E-state index contributed by atoms with van der Waals surface area (Å²) in [7, 11) is 3.18. The first kappa shape index (κ1) is 23.5. The molecule has 1 N–H and O–H groups in total. The van der Waals surface area contributed by atoms with E-state index in [1.165, 1.54) is 7.11 Å². The van der Waals surface area contributed by atoms with Crippen LogP contribution in [0.15, 0.2) is 36.5 Å². The SMILES string of the molecule is COC(=O)c1ccc2nc3n(c2c1)C[C@H](C)CCCOc1c(cnn1C)-c1cc(cc(C)n1)C(=O)N3. The van der Waals surface area contributed by atoms with E-state index in [9.17, 15) is 9.59 Å². The molecule has 186 valence electrons. The molecule has 36 heavy (non-hydrogen) atoms. The van der Waals surface area contributed by atoms with Gasteiger partial charge in [-0.25, -0.2) is 14.5 Å². The van der Waals surface area contributed by atoms with Crippen molar-refractivity contribution in [3.8, 4) is 17.1 Å². The minimum Gasteiger partial charge on any atom is -0.477 e. The Morgan fingerprint density at radius 3 is 2.86 bits per heavy atom. The molecule has 1 aliphatic heterocycles. The fourth-order valence-electron chi connectivity index (χ4n) is 4.54. The zero-order chi connectivity index (χ0) is 25.4. The van der Waals surface area contributed by atoms with E-state index in [4.69, 9.17) is 9.47 Å². The quantitative estimate of drug-likeness (QED) is 0.403. The number of carbonyl (C=O) groups is 2. The van der Waals surface area contributed by atoms with Gasteiger partial charge in [-0.2, -0.15) is 5.10 Å². The Balaban J connectivity index is 1.61. The van der Waals surface area contributed by atoms with E-state index in [2.05, 4.69) is 27.3 Å². The molecule has 0 saturated heterocycles. The number of methoxy groups -OCH3 is 1. The maximum absolute atomic E-state index is 13.4. The fraction of sp³-hybridized carbons (Fsp3) is 0.346. The van der Waals surface area contributed by atoms with Crippen molar-refractivity contribution >= 4 is 28.9 Å². The van der Waals surface area contributed by atoms with Crippen molar-refractivity contribution in [1.29, 1.82) is 0 Å². The standard InChI is InChI=1S/C26H28N6O4/c1-15-6-5-9-36-24-19(13-27-31(24)3)21-11-18(10-16(2)28-21)23(33)30-26-29-20-8-7-17(25(34)35-4)12-22(20)32(26)14-15/h7-8,10-13,15H,5-6,9,14H2,1-4H3,(H,29,30,33)/t15-/m1/s1. The fourth-order valence-corrected chi connectivity index (χ4v) is 4.54. The van der Waals surface area contributed by atoms with Gasteiger partial charge in [0.25, 0.3) is 5.91 Å². The molecule has 0 spiro atoms. The number of nitrogens with zero attached hydrogens (tertiary/aromatic N) is 5. The third kappa shape index (κ3) is 4.41. The van der Waals surface area contributed by atoms with Gasteiger partial charge in [0.15, 0.2) is 0 Å². The Morgan fingerprint density at radius 1 is 1.22 bits per heavy atom. The first-order valence-corrected chi connectivity index (χ1v) is 11.9. The molecule has 10 heteroatoms. The van der Waals surface area contributed by atoms with Crippen molar-refractivity contribution in [3.63, 3.8) is 0 Å². The number of rotatable bonds is 1. The third-order valence-electron chi connectivity index (χ3n) is 6.34. The summed E-state index contributed by atoms with van der Waals surface area (Å²) in [6, 6.07) is 8.67. The summed E-state index contributed by atoms with van der Waals surface area (Å²) in [6.07, 6.45) is 3.43. The lowest BCUT2D eigenvalue weighted by atomic mass is 10.1. The van der Waals surface area contributed by atoms with Gasteiger partial charge in [0.2, 0.25) is 11.8 Å². The molecule has 3 aromatic heterocycles. The molecule has 2 bridgehead atoms. The van der Waals surface area contributed by atoms with Gasteiger partial charge in [-0.15, -0.1) is 0 Å². The number of imidazole rings is 1. The molecule has 0 aliphatic carbocycles. The van der Waals surface area contributed by atoms with Crippen LogP contribution in [0.2, 0.25) is 0 Å². The minimum absolute atomic E-state index is 0.254. The van der Waals surface area contributed by atoms with Crippen LogP contribution >= 0.6 is 0 Å². The summed E-state index contributed by atoms with van der Waals surface area (Å²) in [6.45, 7) is 5.12. The van der Waals surface area contributed by atoms with Crippen molar-refractivity contribution in [2.75, 3.05) is 19.0 Å². The van der Waals surface area contributed by atoms with E-state index in [1.807, 2.05) is 18.5 Å². The second-order valence-corrected chi connectivity index (χ2v) is 9.16. The number of nitrogens with one attached hydrogen (secondary N) is 1. The first-order valence-electron chi connectivity index (χ1n) is 11.9. The number of pyridine rings is 1. The summed E-state index contributed by atoms with van der Waals surface area (Å²) in [5.74, 6) is 0.571. The highest BCUT2D eigenvalue weighted by molar-refractivity contribution is 6.05. The van der Waals surface area contributed by atoms with Gasteiger partial charge < -0.3 is 14.0 Å². The largest absolute Gasteiger partial charge is 0.477 e. The van der Waals surface area contributed by atoms with Crippen LogP contribution in [0.3, 0.4) is 0 Å². The van der Waals surface area contributed by atoms with Crippen molar-refractivity contribution < 1.29 is 19.1 Å². The van der Waals surface area contributed by atoms with Crippen LogP contribution in [0.25, 0.3) is 22.3 Å². The molecule has 1 aliphatic rings. The second-order valence-electron chi connectivity index (χ2n) is 9.16. The number of carbonyl (C=O) groups excluding carboxylic acids is 2. The molecule has 4 aromatic rings. The average molecular weight is 489 g/mol. The van der Waals surface area contributed by atoms with E-state index in [1.54, 1.807) is 41.2 Å². The molecule has 0 radical (unpaired) electrons. The van der Waals surface area contributed by atoms with Gasteiger partial charge in [0.1, 0.15) is 0 Å². The molecule has 1 aromatic carbocycles. The second kappa shape index (κ2) is 9.44. The Labute approximate surface area is 208 Å². The summed E-state index contributed by atoms with van der Waals surface area (Å²) in [4.78, 5) is 34.9. The van der Waals surface area contributed by atoms with Gasteiger partial charge in [-0.3, -0.25) is 15.1 Å². The number of anilines is 1. The third-order valence-corrected chi connectivity index (χ3v) is 6.34. The average Bonchev–Trinajstić information content (AvgIpc) is 3.39. The van der Waals surface area contributed by atoms with Crippen molar-refractivity contribution in [3.05, 3.63) is 53.3 Å². The number of amides is 1. The summed E-state index contributed by atoms with van der Waals surface area (Å²) < 4.78 is 14.6. The monoisotopic (exact) mass is 488 g/mol. The van der Waals surface area contributed by atoms with E-state index in [-0.39, 0.29) is 11.8 Å². The lowest BCUT2D eigenvalue weighted by Crippen LogP contribution is -2.18. The highest BCUT2D eigenvalue weighted by atomic mass is 16.5.